The van der Waals surface area contributed by atoms with Gasteiger partial charge >= 0.3 is 5.97 Å². The van der Waals surface area contributed by atoms with Crippen molar-refractivity contribution in [3.8, 4) is 5.75 Å². The predicted molar refractivity (Wildman–Crippen MR) is 184 cm³/mol. The molecule has 2 aromatic carbocycles. The van der Waals surface area contributed by atoms with E-state index >= 15 is 0 Å². The van der Waals surface area contributed by atoms with Gasteiger partial charge in [0.2, 0.25) is 0 Å². The fourth-order valence-corrected chi connectivity index (χ4v) is 5.29. The molecule has 2 aliphatic rings. The molecule has 12 heteroatoms. The largest absolute Gasteiger partial charge is 0.494 e. The van der Waals surface area contributed by atoms with Crippen molar-refractivity contribution in [3.05, 3.63) is 84.5 Å². The summed E-state index contributed by atoms with van der Waals surface area (Å²) < 4.78 is 39.7. The summed E-state index contributed by atoms with van der Waals surface area (Å²) in [5.74, 6) is 0.873. The molecule has 276 valence electrons. The van der Waals surface area contributed by atoms with E-state index in [-0.39, 0.29) is 19.8 Å². The van der Waals surface area contributed by atoms with Crippen molar-refractivity contribution in [2.75, 3.05) is 66.6 Å². The molecular formula is C38H52O12. The number of rotatable bonds is 27. The summed E-state index contributed by atoms with van der Waals surface area (Å²) in [6, 6.07) is 14.7. The van der Waals surface area contributed by atoms with E-state index < -0.39 is 30.4 Å². The van der Waals surface area contributed by atoms with Gasteiger partial charge in [0.05, 0.1) is 38.6 Å². The lowest BCUT2D eigenvalue weighted by Gasteiger charge is -2.17. The summed E-state index contributed by atoms with van der Waals surface area (Å²) in [5.41, 5.74) is 2.13. The van der Waals surface area contributed by atoms with E-state index in [9.17, 15) is 4.79 Å². The topological polar surface area (TPSA) is 119 Å². The number of carbonyl (C=O) groups is 1. The summed E-state index contributed by atoms with van der Waals surface area (Å²) in [7, 11) is 1.67. The average Bonchev–Trinajstić information content (AvgIpc) is 3.73. The molecule has 0 radical (unpaired) electrons. The Kier molecular flexibility index (Phi) is 18.3. The first-order chi connectivity index (χ1) is 24.6. The molecule has 2 saturated heterocycles. The Bertz CT molecular complexity index is 1250. The number of fused-ring (bicyclic) bond motifs is 1. The standard InChI is InChI=1S/C38H52O12/c1-4-19-46-47-25-8-6-5-7-23-43-33-17-11-30(12-18-33)26-48-50-35-28-45-36-34(27-44-37(35)36)49-38(39)32-15-13-31(14-16-32)29(2)42-24-10-22-41-21-9-20-40-3/h4,11-18,34-37H,1-2,5-10,19-28H2,3H3/t34?,35-,36?,37?/m1/s1. The van der Waals surface area contributed by atoms with Gasteiger partial charge < -0.3 is 33.2 Å². The number of esters is 1. The maximum atomic E-state index is 12.9. The molecule has 0 saturated carbocycles. The molecule has 0 bridgehead atoms. The Balaban J connectivity index is 1.07. The first-order valence-corrected chi connectivity index (χ1v) is 17.4. The predicted octanol–water partition coefficient (Wildman–Crippen LogP) is 6.03. The molecule has 4 atom stereocenters. The van der Waals surface area contributed by atoms with Gasteiger partial charge in [0, 0.05) is 38.9 Å². The fourth-order valence-electron chi connectivity index (χ4n) is 5.29. The molecule has 50 heavy (non-hydrogen) atoms. The molecular weight excluding hydrogens is 648 g/mol. The van der Waals surface area contributed by atoms with Crippen LogP contribution in [0.25, 0.3) is 5.76 Å². The highest BCUT2D eigenvalue weighted by Gasteiger charge is 2.50. The average molecular weight is 701 g/mol. The van der Waals surface area contributed by atoms with Crippen LogP contribution >= 0.6 is 0 Å². The summed E-state index contributed by atoms with van der Waals surface area (Å²) in [4.78, 5) is 34.0. The van der Waals surface area contributed by atoms with Gasteiger partial charge in [0.1, 0.15) is 43.0 Å². The molecule has 2 fully saturated rings. The van der Waals surface area contributed by atoms with Crippen molar-refractivity contribution in [2.24, 2.45) is 0 Å². The summed E-state index contributed by atoms with van der Waals surface area (Å²) in [6.45, 7) is 12.4. The Morgan fingerprint density at radius 1 is 0.760 bits per heavy atom. The van der Waals surface area contributed by atoms with Gasteiger partial charge in [-0.15, -0.1) is 6.58 Å². The second-order valence-corrected chi connectivity index (χ2v) is 11.9. The van der Waals surface area contributed by atoms with Gasteiger partial charge in [-0.05, 0) is 55.5 Å². The quantitative estimate of drug-likeness (QED) is 0.0270. The van der Waals surface area contributed by atoms with Crippen LogP contribution in [0, 0.1) is 0 Å². The van der Waals surface area contributed by atoms with E-state index in [0.29, 0.717) is 57.6 Å². The van der Waals surface area contributed by atoms with Gasteiger partial charge in [0.25, 0.3) is 0 Å². The minimum Gasteiger partial charge on any atom is -0.494 e. The van der Waals surface area contributed by atoms with Crippen molar-refractivity contribution in [1.82, 2.24) is 0 Å². The van der Waals surface area contributed by atoms with Crippen LogP contribution in [0.3, 0.4) is 0 Å². The van der Waals surface area contributed by atoms with Gasteiger partial charge in [-0.25, -0.2) is 24.3 Å². The van der Waals surface area contributed by atoms with E-state index in [2.05, 4.69) is 13.2 Å². The maximum absolute atomic E-state index is 12.9. The summed E-state index contributed by atoms with van der Waals surface area (Å²) in [6.07, 6.45) is 5.45. The number of ether oxygens (including phenoxy) is 7. The second kappa shape index (κ2) is 23.2. The van der Waals surface area contributed by atoms with Crippen LogP contribution in [0.15, 0.2) is 67.8 Å². The second-order valence-electron chi connectivity index (χ2n) is 11.9. The smallest absolute Gasteiger partial charge is 0.338 e. The summed E-state index contributed by atoms with van der Waals surface area (Å²) >= 11 is 0. The lowest BCUT2D eigenvalue weighted by atomic mass is 10.1. The molecule has 2 aliphatic heterocycles. The van der Waals surface area contributed by atoms with Gasteiger partial charge in [-0.2, -0.15) is 0 Å². The van der Waals surface area contributed by atoms with Crippen molar-refractivity contribution >= 4 is 11.7 Å². The zero-order valence-corrected chi connectivity index (χ0v) is 29.1. The zero-order chi connectivity index (χ0) is 35.2. The van der Waals surface area contributed by atoms with Gasteiger partial charge in [-0.1, -0.05) is 43.3 Å². The normalized spacial score (nSPS) is 19.6. The first kappa shape index (κ1) is 39.5. The maximum Gasteiger partial charge on any atom is 0.338 e. The SMILES string of the molecule is C=CCOOCCCCCCOc1ccc(COO[C@@H]2COC3C(OC(=O)c4ccc(C(=C)OCCCOCCCOC)cc4)COC32)cc1. The third-order valence-electron chi connectivity index (χ3n) is 8.01. The fraction of sp³-hybridized carbons (Fsp3) is 0.553. The van der Waals surface area contributed by atoms with Crippen LogP contribution in [0.1, 0.15) is 60.0 Å². The molecule has 0 N–H and O–H groups in total. The lowest BCUT2D eigenvalue weighted by Crippen LogP contribution is -2.35. The van der Waals surface area contributed by atoms with Gasteiger partial charge in [-0.3, -0.25) is 0 Å². The van der Waals surface area contributed by atoms with Crippen LogP contribution in [0.2, 0.25) is 0 Å². The molecule has 2 aromatic rings. The zero-order valence-electron chi connectivity index (χ0n) is 29.1. The molecule has 3 unspecified atom stereocenters. The third kappa shape index (κ3) is 13.8. The van der Waals surface area contributed by atoms with Crippen molar-refractivity contribution in [3.63, 3.8) is 0 Å². The molecule has 0 amide bonds. The van der Waals surface area contributed by atoms with Crippen LogP contribution in [0.4, 0.5) is 0 Å². The van der Waals surface area contributed by atoms with E-state index in [1.807, 2.05) is 24.3 Å². The molecule has 4 rings (SSSR count). The molecule has 0 aliphatic carbocycles. The van der Waals surface area contributed by atoms with Crippen LogP contribution in [0.5, 0.6) is 5.75 Å². The Labute approximate surface area is 295 Å². The van der Waals surface area contributed by atoms with Crippen LogP contribution < -0.4 is 4.74 Å². The lowest BCUT2D eigenvalue weighted by molar-refractivity contribution is -0.341. The van der Waals surface area contributed by atoms with Crippen molar-refractivity contribution in [2.45, 2.75) is 69.5 Å². The van der Waals surface area contributed by atoms with Crippen LogP contribution in [-0.2, 0) is 54.6 Å². The minimum atomic E-state index is -0.556. The van der Waals surface area contributed by atoms with E-state index in [1.54, 1.807) is 37.5 Å². The van der Waals surface area contributed by atoms with Crippen LogP contribution in [-0.4, -0.2) is 97.0 Å². The third-order valence-corrected chi connectivity index (χ3v) is 8.01. The molecule has 0 spiro atoms. The molecule has 2 heterocycles. The van der Waals surface area contributed by atoms with E-state index in [0.717, 1.165) is 55.4 Å². The number of carbonyl (C=O) groups excluding carboxylic acids is 1. The van der Waals surface area contributed by atoms with E-state index in [1.165, 1.54) is 0 Å². The van der Waals surface area contributed by atoms with Gasteiger partial charge in [0.15, 0.2) is 6.10 Å². The monoisotopic (exact) mass is 700 g/mol. The highest BCUT2D eigenvalue weighted by Crippen LogP contribution is 2.31. The van der Waals surface area contributed by atoms with Crippen molar-refractivity contribution in [1.29, 1.82) is 0 Å². The van der Waals surface area contributed by atoms with E-state index in [4.69, 9.17) is 52.7 Å². The Hall–Kier alpha value is -3.33. The first-order valence-electron chi connectivity index (χ1n) is 17.4. The number of benzene rings is 2. The number of hydrogen-bond donors (Lipinski definition) is 0. The number of methoxy groups -OCH3 is 1. The Morgan fingerprint density at radius 3 is 2.18 bits per heavy atom. The highest BCUT2D eigenvalue weighted by molar-refractivity contribution is 5.90. The summed E-state index contributed by atoms with van der Waals surface area (Å²) in [5, 5.41) is 0. The molecule has 0 aromatic heterocycles. The minimum absolute atomic E-state index is 0.209. The molecule has 12 nitrogen and oxygen atoms in total. The Morgan fingerprint density at radius 2 is 1.44 bits per heavy atom. The van der Waals surface area contributed by atoms with Crippen molar-refractivity contribution < 1.29 is 57.5 Å². The number of hydrogen-bond acceptors (Lipinski definition) is 12. The highest BCUT2D eigenvalue weighted by atomic mass is 17.2. The number of unbranched alkanes of at least 4 members (excludes halogenated alkanes) is 3.